The maximum absolute atomic E-state index is 5.84. The Kier molecular flexibility index (Phi) is 3.05. The minimum atomic E-state index is 0.0417. The average molecular weight is 171 g/mol. The summed E-state index contributed by atoms with van der Waals surface area (Å²) < 4.78 is 4.96. The lowest BCUT2D eigenvalue weighted by molar-refractivity contribution is 0.181. The number of hydrogen-bond acceptors (Lipinski definition) is 3. The summed E-state index contributed by atoms with van der Waals surface area (Å²) in [7, 11) is 1.67. The molecule has 0 aromatic carbocycles. The van der Waals surface area contributed by atoms with Gasteiger partial charge in [-0.25, -0.2) is 0 Å². The van der Waals surface area contributed by atoms with E-state index in [9.17, 15) is 0 Å². The van der Waals surface area contributed by atoms with Crippen molar-refractivity contribution in [3.05, 3.63) is 21.9 Å². The number of rotatable bonds is 3. The predicted molar refractivity (Wildman–Crippen MR) is 47.9 cm³/mol. The van der Waals surface area contributed by atoms with E-state index in [0.717, 1.165) is 0 Å². The molecule has 0 saturated heterocycles. The van der Waals surface area contributed by atoms with Crippen molar-refractivity contribution >= 4 is 11.3 Å². The highest BCUT2D eigenvalue weighted by Gasteiger charge is 2.08. The molecular formula is C8H13NOS. The van der Waals surface area contributed by atoms with Crippen LogP contribution in [0.3, 0.4) is 0 Å². The van der Waals surface area contributed by atoms with Crippen molar-refractivity contribution < 1.29 is 4.74 Å². The van der Waals surface area contributed by atoms with Gasteiger partial charge < -0.3 is 10.5 Å². The van der Waals surface area contributed by atoms with Crippen molar-refractivity contribution in [2.45, 2.75) is 13.0 Å². The van der Waals surface area contributed by atoms with Crippen LogP contribution < -0.4 is 5.73 Å². The van der Waals surface area contributed by atoms with Crippen molar-refractivity contribution in [3.63, 3.8) is 0 Å². The number of methoxy groups -OCH3 is 1. The molecule has 2 nitrogen and oxygen atoms in total. The van der Waals surface area contributed by atoms with Gasteiger partial charge in [-0.3, -0.25) is 0 Å². The molecule has 0 saturated carbocycles. The van der Waals surface area contributed by atoms with E-state index < -0.39 is 0 Å². The van der Waals surface area contributed by atoms with Crippen LogP contribution in [-0.4, -0.2) is 13.7 Å². The summed E-state index contributed by atoms with van der Waals surface area (Å²) in [5.41, 5.74) is 7.10. The molecule has 1 aromatic rings. The molecule has 0 fully saturated rings. The summed E-state index contributed by atoms with van der Waals surface area (Å²) in [6, 6.07) is 2.12. The zero-order valence-corrected chi connectivity index (χ0v) is 7.65. The van der Waals surface area contributed by atoms with Gasteiger partial charge in [-0.2, -0.15) is 0 Å². The van der Waals surface area contributed by atoms with Crippen molar-refractivity contribution in [1.82, 2.24) is 0 Å². The van der Waals surface area contributed by atoms with Crippen LogP contribution >= 0.6 is 11.3 Å². The maximum Gasteiger partial charge on any atom is 0.0663 e. The second kappa shape index (κ2) is 3.85. The Labute approximate surface area is 71.0 Å². The van der Waals surface area contributed by atoms with Crippen molar-refractivity contribution in [2.75, 3.05) is 13.7 Å². The third-order valence-electron chi connectivity index (χ3n) is 1.58. The Bertz CT molecular complexity index is 222. The fourth-order valence-electron chi connectivity index (χ4n) is 1.02. The molecule has 0 bridgehead atoms. The van der Waals surface area contributed by atoms with Gasteiger partial charge in [0.2, 0.25) is 0 Å². The monoisotopic (exact) mass is 171 g/mol. The average Bonchev–Trinajstić information content (AvgIpc) is 2.36. The lowest BCUT2D eigenvalue weighted by Crippen LogP contribution is -2.15. The Morgan fingerprint density at radius 3 is 2.91 bits per heavy atom. The zero-order valence-electron chi connectivity index (χ0n) is 6.83. The molecule has 1 heterocycles. The predicted octanol–water partition coefficient (Wildman–Crippen LogP) is 1.70. The second-order valence-electron chi connectivity index (χ2n) is 2.53. The van der Waals surface area contributed by atoms with E-state index in [1.54, 1.807) is 18.4 Å². The van der Waals surface area contributed by atoms with Gasteiger partial charge >= 0.3 is 0 Å². The largest absolute Gasteiger partial charge is 0.383 e. The highest BCUT2D eigenvalue weighted by Crippen LogP contribution is 2.21. The Balaban J connectivity index is 2.67. The molecule has 0 radical (unpaired) electrons. The lowest BCUT2D eigenvalue weighted by Gasteiger charge is -2.08. The van der Waals surface area contributed by atoms with E-state index in [2.05, 4.69) is 18.4 Å². The van der Waals surface area contributed by atoms with E-state index in [1.165, 1.54) is 10.4 Å². The SMILES string of the molecule is COC[C@@H](N)c1sccc1C. The summed E-state index contributed by atoms with van der Waals surface area (Å²) in [6.07, 6.45) is 0. The number of thiophene rings is 1. The fourth-order valence-corrected chi connectivity index (χ4v) is 1.94. The summed E-state index contributed by atoms with van der Waals surface area (Å²) in [6.45, 7) is 2.67. The van der Waals surface area contributed by atoms with Crippen LogP contribution in [-0.2, 0) is 4.74 Å². The van der Waals surface area contributed by atoms with Crippen LogP contribution in [0.25, 0.3) is 0 Å². The van der Waals surface area contributed by atoms with Crippen molar-refractivity contribution in [1.29, 1.82) is 0 Å². The highest BCUT2D eigenvalue weighted by atomic mass is 32.1. The normalized spacial score (nSPS) is 13.4. The summed E-state index contributed by atoms with van der Waals surface area (Å²) in [5.74, 6) is 0. The third-order valence-corrected chi connectivity index (χ3v) is 2.74. The minimum Gasteiger partial charge on any atom is -0.383 e. The van der Waals surface area contributed by atoms with Gasteiger partial charge in [0.25, 0.3) is 0 Å². The first-order chi connectivity index (χ1) is 5.25. The number of nitrogens with two attached hydrogens (primary N) is 1. The topological polar surface area (TPSA) is 35.2 Å². The quantitative estimate of drug-likeness (QED) is 0.751. The number of hydrogen-bond donors (Lipinski definition) is 1. The van der Waals surface area contributed by atoms with Crippen LogP contribution in [0.15, 0.2) is 11.4 Å². The van der Waals surface area contributed by atoms with Crippen LogP contribution in [0.4, 0.5) is 0 Å². The van der Waals surface area contributed by atoms with Gasteiger partial charge in [-0.05, 0) is 23.9 Å². The van der Waals surface area contributed by atoms with Gasteiger partial charge in [-0.1, -0.05) is 0 Å². The van der Waals surface area contributed by atoms with Crippen LogP contribution in [0, 0.1) is 6.92 Å². The molecule has 0 amide bonds. The Morgan fingerprint density at radius 1 is 1.73 bits per heavy atom. The lowest BCUT2D eigenvalue weighted by atomic mass is 10.2. The Hall–Kier alpha value is -0.380. The molecule has 1 rings (SSSR count). The zero-order chi connectivity index (χ0) is 8.27. The Morgan fingerprint density at radius 2 is 2.45 bits per heavy atom. The highest BCUT2D eigenvalue weighted by molar-refractivity contribution is 7.10. The maximum atomic E-state index is 5.84. The first-order valence-electron chi connectivity index (χ1n) is 3.54. The molecule has 0 spiro atoms. The standard InChI is InChI=1S/C8H13NOS/c1-6-3-4-11-8(6)7(9)5-10-2/h3-4,7H,5,9H2,1-2H3/t7-/m1/s1. The van der Waals surface area contributed by atoms with Crippen LogP contribution in [0.2, 0.25) is 0 Å². The number of aryl methyl sites for hydroxylation is 1. The van der Waals surface area contributed by atoms with Gasteiger partial charge in [0, 0.05) is 12.0 Å². The molecule has 0 aliphatic carbocycles. The van der Waals surface area contributed by atoms with E-state index >= 15 is 0 Å². The molecule has 0 aliphatic rings. The minimum absolute atomic E-state index is 0.0417. The molecule has 1 atom stereocenters. The van der Waals surface area contributed by atoms with Crippen molar-refractivity contribution in [3.8, 4) is 0 Å². The van der Waals surface area contributed by atoms with Crippen molar-refractivity contribution in [2.24, 2.45) is 5.73 Å². The molecule has 0 aliphatic heterocycles. The molecular weight excluding hydrogens is 158 g/mol. The van der Waals surface area contributed by atoms with E-state index in [-0.39, 0.29) is 6.04 Å². The van der Waals surface area contributed by atoms with E-state index in [4.69, 9.17) is 10.5 Å². The first-order valence-corrected chi connectivity index (χ1v) is 4.42. The third kappa shape index (κ3) is 2.02. The summed E-state index contributed by atoms with van der Waals surface area (Å²) in [4.78, 5) is 1.23. The number of ether oxygens (including phenoxy) is 1. The van der Waals surface area contributed by atoms with Gasteiger partial charge in [0.1, 0.15) is 0 Å². The van der Waals surface area contributed by atoms with E-state index in [1.807, 2.05) is 0 Å². The molecule has 1 aromatic heterocycles. The molecule has 62 valence electrons. The molecule has 11 heavy (non-hydrogen) atoms. The first kappa shape index (κ1) is 8.71. The van der Waals surface area contributed by atoms with Crippen LogP contribution in [0.5, 0.6) is 0 Å². The summed E-state index contributed by atoms with van der Waals surface area (Å²) >= 11 is 1.69. The fraction of sp³-hybridized carbons (Fsp3) is 0.500. The van der Waals surface area contributed by atoms with Gasteiger partial charge in [0.05, 0.1) is 12.6 Å². The second-order valence-corrected chi connectivity index (χ2v) is 3.48. The molecule has 3 heteroatoms. The summed E-state index contributed by atoms with van der Waals surface area (Å²) in [5, 5.41) is 2.06. The molecule has 0 unspecified atom stereocenters. The smallest absolute Gasteiger partial charge is 0.0663 e. The molecule has 2 N–H and O–H groups in total. The van der Waals surface area contributed by atoms with Gasteiger partial charge in [-0.15, -0.1) is 11.3 Å². The van der Waals surface area contributed by atoms with Crippen LogP contribution in [0.1, 0.15) is 16.5 Å². The van der Waals surface area contributed by atoms with Gasteiger partial charge in [0.15, 0.2) is 0 Å². The van der Waals surface area contributed by atoms with E-state index in [0.29, 0.717) is 6.61 Å².